The maximum atomic E-state index is 6.02. The summed E-state index contributed by atoms with van der Waals surface area (Å²) in [5.41, 5.74) is 1.05. The maximum absolute atomic E-state index is 6.02. The molecule has 0 amide bonds. The van der Waals surface area contributed by atoms with Gasteiger partial charge in [-0.2, -0.15) is 12.6 Å². The van der Waals surface area contributed by atoms with Crippen LogP contribution in [-0.2, 0) is 9.31 Å². The summed E-state index contributed by atoms with van der Waals surface area (Å²) in [5, 5.41) is 0.616. The molecule has 0 aliphatic carbocycles. The van der Waals surface area contributed by atoms with Crippen molar-refractivity contribution in [1.29, 1.82) is 0 Å². The summed E-state index contributed by atoms with van der Waals surface area (Å²) in [6.45, 7) is 8.13. The van der Waals surface area contributed by atoms with E-state index in [1.165, 1.54) is 0 Å². The minimum Gasteiger partial charge on any atom is -0.400 e. The lowest BCUT2D eigenvalue weighted by Gasteiger charge is -2.32. The molecule has 1 fully saturated rings. The topological polar surface area (TPSA) is 31.4 Å². The third-order valence-corrected chi connectivity index (χ3v) is 4.41. The predicted octanol–water partition coefficient (Wildman–Crippen LogP) is 3.68. The first-order chi connectivity index (χ1) is 9.25. The molecular weight excluding hydrogens is 292 g/mol. The Kier molecular flexibility index (Phi) is 4.55. The molecule has 1 aliphatic rings. The fraction of sp³-hybridized carbons (Fsp3) is 0.500. The van der Waals surface area contributed by atoms with Crippen LogP contribution in [0.4, 0.5) is 0 Å². The molecule has 0 bridgehead atoms. The van der Waals surface area contributed by atoms with Crippen LogP contribution in [-0.4, -0.2) is 29.1 Å². The van der Waals surface area contributed by atoms with E-state index in [0.29, 0.717) is 10.8 Å². The van der Waals surface area contributed by atoms with Gasteiger partial charge in [-0.3, -0.25) is 4.98 Å². The molecule has 20 heavy (non-hydrogen) atoms. The second kappa shape index (κ2) is 5.72. The molecule has 1 saturated heterocycles. The number of aromatic nitrogens is 1. The molecule has 0 radical (unpaired) electrons. The average Bonchev–Trinajstić information content (AvgIpc) is 2.57. The second-order valence-corrected chi connectivity index (χ2v) is 6.62. The van der Waals surface area contributed by atoms with Crippen molar-refractivity contribution in [2.75, 3.05) is 5.75 Å². The Bertz CT molecular complexity index is 500. The molecule has 1 aromatic rings. The summed E-state index contributed by atoms with van der Waals surface area (Å²) in [5.74, 6) is 0.543. The lowest BCUT2D eigenvalue weighted by atomic mass is 9.78. The molecule has 2 rings (SSSR count). The van der Waals surface area contributed by atoms with Crippen molar-refractivity contribution in [3.8, 4) is 0 Å². The first-order valence-corrected chi connectivity index (χ1v) is 7.55. The van der Waals surface area contributed by atoms with Crippen molar-refractivity contribution in [2.24, 2.45) is 0 Å². The highest BCUT2D eigenvalue weighted by Gasteiger charge is 2.52. The van der Waals surface area contributed by atoms with Gasteiger partial charge in [0.1, 0.15) is 0 Å². The molecule has 108 valence electrons. The zero-order valence-electron chi connectivity index (χ0n) is 12.2. The fourth-order valence-electron chi connectivity index (χ4n) is 1.85. The fourth-order valence-corrected chi connectivity index (χ4v) is 2.20. The van der Waals surface area contributed by atoms with Gasteiger partial charge in [-0.15, -0.1) is 0 Å². The minimum atomic E-state index is -0.394. The molecule has 0 spiro atoms. The van der Waals surface area contributed by atoms with Gasteiger partial charge in [-0.1, -0.05) is 11.6 Å². The quantitative estimate of drug-likeness (QED) is 0.682. The van der Waals surface area contributed by atoms with Gasteiger partial charge < -0.3 is 9.31 Å². The highest BCUT2D eigenvalue weighted by molar-refractivity contribution is 7.80. The third kappa shape index (κ3) is 3.22. The van der Waals surface area contributed by atoms with E-state index in [1.54, 1.807) is 12.3 Å². The predicted molar refractivity (Wildman–Crippen MR) is 87.2 cm³/mol. The van der Waals surface area contributed by atoms with Gasteiger partial charge in [-0.05, 0) is 51.4 Å². The molecule has 0 atom stereocenters. The Balaban J connectivity index is 2.24. The molecular formula is C14H19BClNO2S. The largest absolute Gasteiger partial charge is 0.491 e. The third-order valence-electron chi connectivity index (χ3n) is 3.82. The first-order valence-electron chi connectivity index (χ1n) is 6.54. The van der Waals surface area contributed by atoms with Gasteiger partial charge >= 0.3 is 7.12 Å². The molecule has 0 saturated carbocycles. The summed E-state index contributed by atoms with van der Waals surface area (Å²) in [6.07, 6.45) is 3.55. The van der Waals surface area contributed by atoms with Crippen molar-refractivity contribution in [2.45, 2.75) is 38.9 Å². The summed E-state index contributed by atoms with van der Waals surface area (Å²) < 4.78 is 12.0. The van der Waals surface area contributed by atoms with E-state index in [4.69, 9.17) is 20.9 Å². The molecule has 2 heterocycles. The summed E-state index contributed by atoms with van der Waals surface area (Å²) >= 11 is 10.2. The molecule has 0 N–H and O–H groups in total. The zero-order chi connectivity index (χ0) is 15.0. The Labute approximate surface area is 131 Å². The van der Waals surface area contributed by atoms with Crippen molar-refractivity contribution in [3.63, 3.8) is 0 Å². The molecule has 0 unspecified atom stereocenters. The van der Waals surface area contributed by atoms with Gasteiger partial charge in [0, 0.05) is 11.9 Å². The Hall–Kier alpha value is -0.485. The monoisotopic (exact) mass is 311 g/mol. The van der Waals surface area contributed by atoms with Gasteiger partial charge in [0.05, 0.1) is 21.9 Å². The number of nitrogens with zero attached hydrogens (tertiary/aromatic N) is 1. The smallest absolute Gasteiger partial charge is 0.400 e. The Morgan fingerprint density at radius 1 is 1.30 bits per heavy atom. The Morgan fingerprint density at radius 2 is 1.90 bits per heavy atom. The maximum Gasteiger partial charge on any atom is 0.491 e. The van der Waals surface area contributed by atoms with E-state index in [9.17, 15) is 0 Å². The van der Waals surface area contributed by atoms with Crippen LogP contribution >= 0.6 is 24.2 Å². The van der Waals surface area contributed by atoms with Crippen LogP contribution < -0.4 is 0 Å². The highest BCUT2D eigenvalue weighted by Crippen LogP contribution is 2.38. The van der Waals surface area contributed by atoms with Crippen molar-refractivity contribution < 1.29 is 9.31 Å². The standard InChI is InChI=1S/C14H19BClNO2S/c1-13(2)14(3,4)19-15(18-13)10(9-20)7-12-6-5-11(16)8-17-12/h5-8,20H,9H2,1-4H3. The lowest BCUT2D eigenvalue weighted by Crippen LogP contribution is -2.41. The van der Waals surface area contributed by atoms with Crippen LogP contribution in [0.5, 0.6) is 0 Å². The van der Waals surface area contributed by atoms with Crippen molar-refractivity contribution in [1.82, 2.24) is 4.98 Å². The van der Waals surface area contributed by atoms with Gasteiger partial charge in [0.25, 0.3) is 0 Å². The number of halogens is 1. The van der Waals surface area contributed by atoms with Crippen LogP contribution in [0.2, 0.25) is 5.02 Å². The van der Waals surface area contributed by atoms with Crippen LogP contribution in [0.15, 0.2) is 23.8 Å². The number of rotatable bonds is 3. The average molecular weight is 312 g/mol. The van der Waals surface area contributed by atoms with Crippen LogP contribution in [0, 0.1) is 0 Å². The Morgan fingerprint density at radius 3 is 2.35 bits per heavy atom. The molecule has 1 aliphatic heterocycles. The van der Waals surface area contributed by atoms with E-state index >= 15 is 0 Å². The number of hydrogen-bond donors (Lipinski definition) is 1. The summed E-state index contributed by atoms with van der Waals surface area (Å²) in [6, 6.07) is 3.66. The van der Waals surface area contributed by atoms with Gasteiger partial charge in [-0.25, -0.2) is 0 Å². The van der Waals surface area contributed by atoms with Gasteiger partial charge in [0.15, 0.2) is 0 Å². The summed E-state index contributed by atoms with van der Waals surface area (Å²) in [4.78, 5) is 4.26. The minimum absolute atomic E-state index is 0.354. The van der Waals surface area contributed by atoms with E-state index < -0.39 is 7.12 Å². The molecule has 0 aromatic carbocycles. The van der Waals surface area contributed by atoms with E-state index in [0.717, 1.165) is 11.2 Å². The van der Waals surface area contributed by atoms with E-state index in [1.807, 2.05) is 39.8 Å². The molecule has 6 heteroatoms. The lowest BCUT2D eigenvalue weighted by molar-refractivity contribution is 0.00578. The zero-order valence-corrected chi connectivity index (χ0v) is 13.8. The summed E-state index contributed by atoms with van der Waals surface area (Å²) in [7, 11) is -0.394. The molecule has 3 nitrogen and oxygen atoms in total. The van der Waals surface area contributed by atoms with Crippen molar-refractivity contribution in [3.05, 3.63) is 34.5 Å². The first kappa shape index (κ1) is 15.9. The van der Waals surface area contributed by atoms with Crippen LogP contribution in [0.1, 0.15) is 33.4 Å². The van der Waals surface area contributed by atoms with Crippen molar-refractivity contribution >= 4 is 37.4 Å². The number of thiol groups is 1. The SMILES string of the molecule is CC1(C)OB(C(=Cc2ccc(Cl)cn2)CS)OC1(C)C. The van der Waals surface area contributed by atoms with E-state index in [2.05, 4.69) is 17.6 Å². The van der Waals surface area contributed by atoms with E-state index in [-0.39, 0.29) is 11.2 Å². The van der Waals surface area contributed by atoms with Crippen LogP contribution in [0.3, 0.4) is 0 Å². The molecule has 1 aromatic heterocycles. The second-order valence-electron chi connectivity index (χ2n) is 5.87. The number of hydrogen-bond acceptors (Lipinski definition) is 4. The van der Waals surface area contributed by atoms with Crippen LogP contribution in [0.25, 0.3) is 6.08 Å². The number of pyridine rings is 1. The normalized spacial score (nSPS) is 21.3. The van der Waals surface area contributed by atoms with Gasteiger partial charge in [0.2, 0.25) is 0 Å². The highest BCUT2D eigenvalue weighted by atomic mass is 35.5.